The zero-order valence-corrected chi connectivity index (χ0v) is 19.2. The Kier molecular flexibility index (Phi) is 4.98. The third-order valence-corrected chi connectivity index (χ3v) is 7.21. The van der Waals surface area contributed by atoms with Crippen molar-refractivity contribution in [2.24, 2.45) is 0 Å². The Balaban J connectivity index is 1.38. The lowest BCUT2D eigenvalue weighted by Gasteiger charge is -2.34. The third-order valence-electron chi connectivity index (χ3n) is 6.03. The number of hydrogen-bond acceptors (Lipinski definition) is 4. The lowest BCUT2D eigenvalue weighted by Crippen LogP contribution is -2.55. The van der Waals surface area contributed by atoms with Gasteiger partial charge in [0.05, 0.1) is 28.4 Å². The number of urea groups is 2. The zero-order valence-electron chi connectivity index (χ0n) is 16.3. The van der Waals surface area contributed by atoms with Crippen LogP contribution in [0.3, 0.4) is 0 Å². The second-order valence-corrected chi connectivity index (χ2v) is 9.32. The Bertz CT molecular complexity index is 1230. The summed E-state index contributed by atoms with van der Waals surface area (Å²) < 4.78 is 14.0. The number of likely N-dealkylation sites (tertiary alicyclic amines) is 1. The van der Waals surface area contributed by atoms with Crippen LogP contribution in [0.15, 0.2) is 36.4 Å². The molecule has 11 heteroatoms. The number of nitrogens with zero attached hydrogens (tertiary/aromatic N) is 4. The van der Waals surface area contributed by atoms with E-state index in [1.54, 1.807) is 28.0 Å². The summed E-state index contributed by atoms with van der Waals surface area (Å²) in [7, 11) is 0. The molecule has 0 aliphatic carbocycles. The molecule has 8 nitrogen and oxygen atoms in total. The van der Waals surface area contributed by atoms with Crippen LogP contribution >= 0.6 is 34.2 Å². The highest BCUT2D eigenvalue weighted by molar-refractivity contribution is 14.1. The molecule has 2 aromatic rings. The normalized spacial score (nSPS) is 23.6. The van der Waals surface area contributed by atoms with Crippen LogP contribution in [0.2, 0.25) is 5.02 Å². The molecule has 3 aliphatic heterocycles. The predicted octanol–water partition coefficient (Wildman–Crippen LogP) is 3.78. The molecule has 2 bridgehead atoms. The fourth-order valence-corrected chi connectivity index (χ4v) is 5.43. The molecule has 3 fully saturated rings. The minimum Gasteiger partial charge on any atom is -0.317 e. The van der Waals surface area contributed by atoms with Crippen LogP contribution < -0.4 is 10.2 Å². The van der Waals surface area contributed by atoms with Gasteiger partial charge in [0.15, 0.2) is 0 Å². The number of halogens is 3. The summed E-state index contributed by atoms with van der Waals surface area (Å²) in [5, 5.41) is 11.7. The molecular formula is C21H14ClFIN5O3. The second-order valence-electron chi connectivity index (χ2n) is 7.75. The van der Waals surface area contributed by atoms with Gasteiger partial charge in [0.2, 0.25) is 0 Å². The first-order valence-corrected chi connectivity index (χ1v) is 11.1. The van der Waals surface area contributed by atoms with Crippen molar-refractivity contribution in [1.29, 1.82) is 5.26 Å². The van der Waals surface area contributed by atoms with Crippen molar-refractivity contribution in [3.05, 3.63) is 56.4 Å². The molecule has 0 spiro atoms. The number of piperazine rings is 1. The number of carbonyl (C=O) groups excluding carboxylic acids is 3. The number of carbonyl (C=O) groups is 3. The average Bonchev–Trinajstić information content (AvgIpc) is 3.42. The van der Waals surface area contributed by atoms with Crippen LogP contribution in [0.1, 0.15) is 12.0 Å². The van der Waals surface area contributed by atoms with E-state index in [0.29, 0.717) is 33.5 Å². The van der Waals surface area contributed by atoms with E-state index in [-0.39, 0.29) is 11.1 Å². The molecule has 0 saturated carbocycles. The first-order chi connectivity index (χ1) is 15.3. The summed E-state index contributed by atoms with van der Waals surface area (Å²) in [6, 6.07) is 8.34. The van der Waals surface area contributed by atoms with Crippen molar-refractivity contribution in [2.75, 3.05) is 16.8 Å². The third kappa shape index (κ3) is 3.10. The molecule has 3 heterocycles. The number of imide groups is 1. The number of fused-ring (bicyclic) bond motifs is 5. The Morgan fingerprint density at radius 1 is 1.25 bits per heavy atom. The van der Waals surface area contributed by atoms with Crippen molar-refractivity contribution >= 4 is 63.5 Å². The van der Waals surface area contributed by atoms with Crippen molar-refractivity contribution < 1.29 is 18.8 Å². The summed E-state index contributed by atoms with van der Waals surface area (Å²) in [5.74, 6) is -0.988. The van der Waals surface area contributed by atoms with Gasteiger partial charge in [0, 0.05) is 15.8 Å². The standard InChI is InChI=1S/C21H14ClFIN5O3/c22-14-5-11(2-4-15(14)23)26-20(31)27-9-13-7-17(27)18-19(30)29(21(32)28(13)18)12-3-1-10(8-25)16(24)6-12/h1-6,13,17-18H,7,9H2,(H,26,31)/t13-,17-,18+/m0/s1. The molecule has 3 aliphatic rings. The maximum atomic E-state index is 13.4. The van der Waals surface area contributed by atoms with E-state index in [1.165, 1.54) is 12.1 Å². The van der Waals surface area contributed by atoms with Gasteiger partial charge in [-0.05, 0) is 65.4 Å². The van der Waals surface area contributed by atoms with Crippen molar-refractivity contribution in [1.82, 2.24) is 9.80 Å². The van der Waals surface area contributed by atoms with Gasteiger partial charge in [-0.1, -0.05) is 11.6 Å². The average molecular weight is 566 g/mol. The quantitative estimate of drug-likeness (QED) is 0.443. The van der Waals surface area contributed by atoms with Gasteiger partial charge in [-0.15, -0.1) is 0 Å². The predicted molar refractivity (Wildman–Crippen MR) is 122 cm³/mol. The summed E-state index contributed by atoms with van der Waals surface area (Å²) in [4.78, 5) is 43.4. The van der Waals surface area contributed by atoms with Gasteiger partial charge >= 0.3 is 12.1 Å². The van der Waals surface area contributed by atoms with Gasteiger partial charge < -0.3 is 15.1 Å². The maximum Gasteiger partial charge on any atom is 0.332 e. The van der Waals surface area contributed by atoms with Crippen molar-refractivity contribution in [3.8, 4) is 6.07 Å². The largest absolute Gasteiger partial charge is 0.332 e. The van der Waals surface area contributed by atoms with E-state index in [1.807, 2.05) is 22.6 Å². The topological polar surface area (TPSA) is 96.8 Å². The Hall–Kier alpha value is -2.91. The van der Waals surface area contributed by atoms with E-state index in [0.717, 1.165) is 11.0 Å². The van der Waals surface area contributed by atoms with Crippen LogP contribution in [0.25, 0.3) is 0 Å². The van der Waals surface area contributed by atoms with Gasteiger partial charge in [0.25, 0.3) is 5.91 Å². The molecule has 1 N–H and O–H groups in total. The number of anilines is 2. The fourth-order valence-electron chi connectivity index (χ4n) is 4.63. The molecule has 0 unspecified atom stereocenters. The van der Waals surface area contributed by atoms with Crippen LogP contribution in [-0.4, -0.2) is 52.4 Å². The van der Waals surface area contributed by atoms with Crippen LogP contribution in [0, 0.1) is 20.7 Å². The number of benzene rings is 2. The zero-order chi connectivity index (χ0) is 22.7. The molecule has 0 radical (unpaired) electrons. The monoisotopic (exact) mass is 565 g/mol. The molecule has 5 amide bonds. The van der Waals surface area contributed by atoms with Crippen molar-refractivity contribution in [3.63, 3.8) is 0 Å². The number of hydrogen-bond donors (Lipinski definition) is 1. The lowest BCUT2D eigenvalue weighted by molar-refractivity contribution is -0.120. The Labute approximate surface area is 200 Å². The summed E-state index contributed by atoms with van der Waals surface area (Å²) in [6.45, 7) is 0.291. The first-order valence-electron chi connectivity index (χ1n) is 9.68. The fraction of sp³-hybridized carbons (Fsp3) is 0.238. The van der Waals surface area contributed by atoms with Gasteiger partial charge in [-0.25, -0.2) is 18.9 Å². The molecule has 0 aromatic heterocycles. The highest BCUT2D eigenvalue weighted by Crippen LogP contribution is 2.42. The summed E-state index contributed by atoms with van der Waals surface area (Å²) in [5.41, 5.74) is 1.19. The van der Waals surface area contributed by atoms with Crippen LogP contribution in [-0.2, 0) is 4.79 Å². The molecule has 3 atom stereocenters. The Morgan fingerprint density at radius 2 is 2.03 bits per heavy atom. The molecule has 2 aromatic carbocycles. The van der Waals surface area contributed by atoms with E-state index in [2.05, 4.69) is 11.4 Å². The molecule has 3 saturated heterocycles. The molecule has 162 valence electrons. The van der Waals surface area contributed by atoms with E-state index >= 15 is 0 Å². The smallest absolute Gasteiger partial charge is 0.317 e. The highest BCUT2D eigenvalue weighted by Gasteiger charge is 2.63. The number of nitriles is 1. The summed E-state index contributed by atoms with van der Waals surface area (Å²) >= 11 is 7.77. The SMILES string of the molecule is N#Cc1ccc(N2C(=O)[C@H]3[C@@H]4C[C@@H](CN4C(=O)Nc4ccc(F)c(Cl)c4)N3C2=O)cc1I. The molecular weight excluding hydrogens is 552 g/mol. The van der Waals surface area contributed by atoms with Crippen LogP contribution in [0.5, 0.6) is 0 Å². The van der Waals surface area contributed by atoms with E-state index < -0.39 is 35.9 Å². The number of nitrogens with one attached hydrogen (secondary N) is 1. The van der Waals surface area contributed by atoms with Gasteiger partial charge in [-0.2, -0.15) is 5.26 Å². The first kappa shape index (κ1) is 21.0. The number of rotatable bonds is 2. The van der Waals surface area contributed by atoms with Crippen LogP contribution in [0.4, 0.5) is 25.4 Å². The summed E-state index contributed by atoms with van der Waals surface area (Å²) in [6.07, 6.45) is 0.512. The lowest BCUT2D eigenvalue weighted by atomic mass is 10.1. The maximum absolute atomic E-state index is 13.4. The van der Waals surface area contributed by atoms with Gasteiger partial charge in [-0.3, -0.25) is 4.79 Å². The second kappa shape index (κ2) is 7.60. The molecule has 5 rings (SSSR count). The van der Waals surface area contributed by atoms with Crippen molar-refractivity contribution in [2.45, 2.75) is 24.5 Å². The highest BCUT2D eigenvalue weighted by atomic mass is 127. The van der Waals surface area contributed by atoms with E-state index in [9.17, 15) is 18.8 Å². The minimum absolute atomic E-state index is 0.110. The van der Waals surface area contributed by atoms with E-state index in [4.69, 9.17) is 16.9 Å². The van der Waals surface area contributed by atoms with Gasteiger partial charge in [0.1, 0.15) is 17.9 Å². The minimum atomic E-state index is -0.767. The Morgan fingerprint density at radius 3 is 2.72 bits per heavy atom. The number of amides is 5. The molecule has 32 heavy (non-hydrogen) atoms.